The number of carbonyl (C=O) groups is 1. The van der Waals surface area contributed by atoms with Gasteiger partial charge in [-0.05, 0) is 12.5 Å². The number of carbonyl (C=O) groups excluding carboxylic acids is 1. The summed E-state index contributed by atoms with van der Waals surface area (Å²) < 4.78 is 0. The van der Waals surface area contributed by atoms with E-state index >= 15 is 0 Å². The number of allylic oxidation sites excluding steroid dienone is 2. The van der Waals surface area contributed by atoms with Crippen molar-refractivity contribution >= 4 is 12.0 Å². The van der Waals surface area contributed by atoms with Crippen molar-refractivity contribution in [3.63, 3.8) is 0 Å². The highest BCUT2D eigenvalue weighted by atomic mass is 16.1. The van der Waals surface area contributed by atoms with Crippen LogP contribution in [-0.2, 0) is 4.79 Å². The number of hydrogen-bond donors (Lipinski definition) is 1. The molecule has 1 aromatic rings. The van der Waals surface area contributed by atoms with Crippen LogP contribution < -0.4 is 5.73 Å². The topological polar surface area (TPSA) is 43.1 Å². The zero-order valence-corrected chi connectivity index (χ0v) is 8.10. The van der Waals surface area contributed by atoms with Crippen LogP contribution in [-0.4, -0.2) is 5.91 Å². The van der Waals surface area contributed by atoms with E-state index in [0.29, 0.717) is 5.57 Å². The highest BCUT2D eigenvalue weighted by Gasteiger charge is 1.92. The first-order valence-corrected chi connectivity index (χ1v) is 4.40. The maximum absolute atomic E-state index is 10.7. The van der Waals surface area contributed by atoms with E-state index in [-0.39, 0.29) is 5.91 Å². The van der Waals surface area contributed by atoms with Gasteiger partial charge in [-0.15, -0.1) is 0 Å². The maximum atomic E-state index is 10.7. The third kappa shape index (κ3) is 3.27. The summed E-state index contributed by atoms with van der Waals surface area (Å²) in [6.07, 6.45) is 5.44. The number of nitrogens with two attached hydrogens (primary N) is 1. The van der Waals surface area contributed by atoms with Gasteiger partial charge in [0.05, 0.1) is 0 Å². The second-order valence-corrected chi connectivity index (χ2v) is 2.98. The van der Waals surface area contributed by atoms with Crippen molar-refractivity contribution in [2.75, 3.05) is 0 Å². The van der Waals surface area contributed by atoms with Gasteiger partial charge < -0.3 is 5.73 Å². The van der Waals surface area contributed by atoms with Crippen molar-refractivity contribution in [1.82, 2.24) is 0 Å². The molecule has 0 aliphatic carbocycles. The van der Waals surface area contributed by atoms with Gasteiger partial charge in [0, 0.05) is 5.57 Å². The lowest BCUT2D eigenvalue weighted by Crippen LogP contribution is -2.11. The summed E-state index contributed by atoms with van der Waals surface area (Å²) in [5.41, 5.74) is 6.73. The summed E-state index contributed by atoms with van der Waals surface area (Å²) in [6, 6.07) is 9.87. The molecule has 0 radical (unpaired) electrons. The van der Waals surface area contributed by atoms with Crippen LogP contribution in [0.1, 0.15) is 12.5 Å². The predicted molar refractivity (Wildman–Crippen MR) is 58.4 cm³/mol. The first kappa shape index (κ1) is 10.3. The number of amides is 1. The van der Waals surface area contributed by atoms with E-state index in [9.17, 15) is 4.79 Å². The van der Waals surface area contributed by atoms with Crippen LogP contribution in [0.25, 0.3) is 6.08 Å². The third-order valence-corrected chi connectivity index (χ3v) is 1.82. The average molecular weight is 187 g/mol. The number of benzene rings is 1. The Morgan fingerprint density at radius 1 is 1.29 bits per heavy atom. The van der Waals surface area contributed by atoms with Gasteiger partial charge >= 0.3 is 0 Å². The van der Waals surface area contributed by atoms with Crippen LogP contribution in [0.5, 0.6) is 0 Å². The second-order valence-electron chi connectivity index (χ2n) is 2.98. The summed E-state index contributed by atoms with van der Waals surface area (Å²) in [4.78, 5) is 10.7. The summed E-state index contributed by atoms with van der Waals surface area (Å²) in [5, 5.41) is 0. The molecule has 0 saturated carbocycles. The van der Waals surface area contributed by atoms with Gasteiger partial charge in [-0.1, -0.05) is 48.6 Å². The minimum atomic E-state index is -0.386. The Balaban J connectivity index is 2.66. The molecule has 0 aliphatic heterocycles. The Bertz CT molecular complexity index is 363. The molecule has 14 heavy (non-hydrogen) atoms. The summed E-state index contributed by atoms with van der Waals surface area (Å²) in [5.74, 6) is -0.386. The third-order valence-electron chi connectivity index (χ3n) is 1.82. The van der Waals surface area contributed by atoms with Gasteiger partial charge in [-0.2, -0.15) is 0 Å². The van der Waals surface area contributed by atoms with Gasteiger partial charge in [0.25, 0.3) is 0 Å². The molecular weight excluding hydrogens is 174 g/mol. The van der Waals surface area contributed by atoms with Crippen LogP contribution in [0.3, 0.4) is 0 Å². The molecule has 1 rings (SSSR count). The zero-order chi connectivity index (χ0) is 10.4. The first-order chi connectivity index (χ1) is 6.70. The lowest BCUT2D eigenvalue weighted by atomic mass is 10.2. The molecule has 1 aromatic carbocycles. The molecule has 0 fully saturated rings. The lowest BCUT2D eigenvalue weighted by Gasteiger charge is -1.91. The van der Waals surface area contributed by atoms with E-state index in [1.165, 1.54) is 0 Å². The van der Waals surface area contributed by atoms with Crippen LogP contribution >= 0.6 is 0 Å². The average Bonchev–Trinajstić information content (AvgIpc) is 2.19. The molecule has 0 aliphatic rings. The number of primary amides is 1. The van der Waals surface area contributed by atoms with Gasteiger partial charge in [-0.25, -0.2) is 0 Å². The van der Waals surface area contributed by atoms with E-state index in [1.54, 1.807) is 13.0 Å². The van der Waals surface area contributed by atoms with Crippen molar-refractivity contribution in [1.29, 1.82) is 0 Å². The highest BCUT2D eigenvalue weighted by Crippen LogP contribution is 2.01. The molecule has 2 heteroatoms. The van der Waals surface area contributed by atoms with E-state index in [0.717, 1.165) is 5.56 Å². The fourth-order valence-electron chi connectivity index (χ4n) is 0.950. The molecule has 2 nitrogen and oxygen atoms in total. The number of rotatable bonds is 3. The summed E-state index contributed by atoms with van der Waals surface area (Å²) in [6.45, 7) is 1.69. The minimum absolute atomic E-state index is 0.386. The molecule has 72 valence electrons. The Morgan fingerprint density at radius 3 is 2.50 bits per heavy atom. The van der Waals surface area contributed by atoms with Gasteiger partial charge in [-0.3, -0.25) is 4.79 Å². The minimum Gasteiger partial charge on any atom is -0.366 e. The van der Waals surface area contributed by atoms with E-state index in [1.807, 2.05) is 42.5 Å². The van der Waals surface area contributed by atoms with E-state index in [2.05, 4.69) is 0 Å². The van der Waals surface area contributed by atoms with Crippen molar-refractivity contribution in [3.05, 3.63) is 53.6 Å². The summed E-state index contributed by atoms with van der Waals surface area (Å²) >= 11 is 0. The van der Waals surface area contributed by atoms with E-state index in [4.69, 9.17) is 5.73 Å². The highest BCUT2D eigenvalue weighted by molar-refractivity contribution is 5.91. The Hall–Kier alpha value is -1.83. The SMILES string of the molecule is C/C(=C\C=C\c1ccccc1)C(N)=O. The van der Waals surface area contributed by atoms with Crippen LogP contribution in [0.2, 0.25) is 0 Å². The predicted octanol–water partition coefficient (Wildman–Crippen LogP) is 2.13. The Morgan fingerprint density at radius 2 is 1.93 bits per heavy atom. The number of hydrogen-bond acceptors (Lipinski definition) is 1. The first-order valence-electron chi connectivity index (χ1n) is 4.40. The normalized spacial score (nSPS) is 11.9. The van der Waals surface area contributed by atoms with Crippen molar-refractivity contribution in [2.45, 2.75) is 6.92 Å². The Labute approximate surface area is 83.7 Å². The molecule has 2 N–H and O–H groups in total. The molecule has 1 amide bonds. The largest absolute Gasteiger partial charge is 0.366 e. The summed E-state index contributed by atoms with van der Waals surface area (Å²) in [7, 11) is 0. The second kappa shape index (κ2) is 5.02. The molecule has 0 aromatic heterocycles. The molecule has 0 heterocycles. The lowest BCUT2D eigenvalue weighted by molar-refractivity contribution is -0.114. The van der Waals surface area contributed by atoms with E-state index < -0.39 is 0 Å². The fraction of sp³-hybridized carbons (Fsp3) is 0.0833. The van der Waals surface area contributed by atoms with Gasteiger partial charge in [0.1, 0.15) is 0 Å². The standard InChI is InChI=1S/C12H13NO/c1-10(12(13)14)6-5-9-11-7-3-2-4-8-11/h2-9H,1H3,(H2,13,14)/b9-5+,10-6+. The molecule has 0 unspecified atom stereocenters. The maximum Gasteiger partial charge on any atom is 0.244 e. The van der Waals surface area contributed by atoms with Crippen molar-refractivity contribution in [2.24, 2.45) is 5.73 Å². The van der Waals surface area contributed by atoms with Crippen molar-refractivity contribution < 1.29 is 4.79 Å². The molecular formula is C12H13NO. The Kier molecular flexibility index (Phi) is 3.68. The molecule has 0 saturated heterocycles. The molecule has 0 spiro atoms. The van der Waals surface area contributed by atoms with Crippen LogP contribution in [0, 0.1) is 0 Å². The zero-order valence-electron chi connectivity index (χ0n) is 8.10. The monoisotopic (exact) mass is 187 g/mol. The quantitative estimate of drug-likeness (QED) is 0.571. The molecule has 0 bridgehead atoms. The smallest absolute Gasteiger partial charge is 0.244 e. The van der Waals surface area contributed by atoms with Crippen LogP contribution in [0.15, 0.2) is 48.1 Å². The van der Waals surface area contributed by atoms with Gasteiger partial charge in [0.2, 0.25) is 5.91 Å². The van der Waals surface area contributed by atoms with Gasteiger partial charge in [0.15, 0.2) is 0 Å². The molecule has 0 atom stereocenters. The van der Waals surface area contributed by atoms with Crippen molar-refractivity contribution in [3.8, 4) is 0 Å². The van der Waals surface area contributed by atoms with Crippen LogP contribution in [0.4, 0.5) is 0 Å². The fourth-order valence-corrected chi connectivity index (χ4v) is 0.950.